The predicted molar refractivity (Wildman–Crippen MR) is 420 cm³/mol. The van der Waals surface area contributed by atoms with Crippen molar-refractivity contribution in [2.75, 3.05) is 119 Å². The van der Waals surface area contributed by atoms with Crippen molar-refractivity contribution in [1.29, 1.82) is 0 Å². The van der Waals surface area contributed by atoms with Crippen molar-refractivity contribution < 1.29 is 0 Å². The number of nitrogens with two attached hydrogens (primary N) is 1. The molecule has 0 aromatic rings. The number of rotatable bonds is 31. The van der Waals surface area contributed by atoms with Gasteiger partial charge >= 0.3 is 0 Å². The fourth-order valence-electron chi connectivity index (χ4n) is 10.5. The summed E-state index contributed by atoms with van der Waals surface area (Å²) < 4.78 is 0. The van der Waals surface area contributed by atoms with Crippen LogP contribution in [0.5, 0.6) is 0 Å². The Morgan fingerprint density at radius 3 is 0.787 bits per heavy atom. The van der Waals surface area contributed by atoms with Crippen molar-refractivity contribution in [2.45, 2.75) is 331 Å². The maximum atomic E-state index is 5.31. The molecule has 0 unspecified atom stereocenters. The highest BCUT2D eigenvalue weighted by atomic mass is 15.2. The standard InChI is InChI=1S/3C8H17N.C8H19N.2C8H18.C7H15N.C7H17N.C7H16.C6H15N.C6H14.CH4/c3*1-7(2)4-9-5-8(3)6-9;1-8(2)6-4-5-7-9-3;1-7(2)5-6-8(3)4;1-4-5-6-7-8(2)3;1-7(2)6-8-4-3-5-8;1-7(2)5-3-4-6-8;1-4-5-6-7(2)3;1-6(2)5-7(3)4;1-4-5-6(2)3;/h3*7-8H,4-6H2,1-3H3;8-9H,4-7H2,1-3H3;7-8H,5-6H2,1-4H3;8H,4-7H2,1-3H3;7H,3-6H2,1-2H3;7H,3-6,8H2,1-2H3;7H,4-6H2,1-3H3;6H,5H2,1-4H3;6H,4-5H2,1-3H3;1H4. The van der Waals surface area contributed by atoms with Crippen LogP contribution in [0.1, 0.15) is 331 Å². The highest BCUT2D eigenvalue weighted by molar-refractivity contribution is 4.78. The van der Waals surface area contributed by atoms with E-state index in [0.29, 0.717) is 0 Å². The summed E-state index contributed by atoms with van der Waals surface area (Å²) in [4.78, 5) is 12.3. The number of nitrogens with zero attached hydrogens (tertiary/aromatic N) is 5. The maximum Gasteiger partial charge on any atom is 0.00195 e. The fourth-order valence-corrected chi connectivity index (χ4v) is 10.5. The second-order valence-electron chi connectivity index (χ2n) is 33.5. The van der Waals surface area contributed by atoms with E-state index in [2.05, 4.69) is 252 Å². The monoisotopic (exact) mass is 1270 g/mol. The first-order chi connectivity index (χ1) is 40.9. The van der Waals surface area contributed by atoms with E-state index >= 15 is 0 Å². The molecule has 4 saturated heterocycles. The van der Waals surface area contributed by atoms with Crippen LogP contribution in [0.4, 0.5) is 0 Å². The molecule has 3 N–H and O–H groups in total. The third-order valence-corrected chi connectivity index (χ3v) is 15.0. The molecule has 4 aliphatic heterocycles. The smallest absolute Gasteiger partial charge is 0.00195 e. The summed E-state index contributed by atoms with van der Waals surface area (Å²) in [5.41, 5.74) is 5.31. The van der Waals surface area contributed by atoms with Crippen LogP contribution >= 0.6 is 0 Å². The molecule has 4 aliphatic rings. The summed E-state index contributed by atoms with van der Waals surface area (Å²) >= 11 is 0. The fraction of sp³-hybridized carbons (Fsp3) is 1.00. The number of nitrogens with one attached hydrogen (secondary N) is 1. The van der Waals surface area contributed by atoms with Crippen molar-refractivity contribution in [3.63, 3.8) is 0 Å². The Balaban J connectivity index is -0.000000135. The Hall–Kier alpha value is -0.280. The summed E-state index contributed by atoms with van der Waals surface area (Å²) in [6.07, 6.45) is 24.6. The quantitative estimate of drug-likeness (QED) is 0.0671. The van der Waals surface area contributed by atoms with Gasteiger partial charge in [0.2, 0.25) is 0 Å². The Bertz CT molecular complexity index is 1130. The van der Waals surface area contributed by atoms with E-state index in [0.717, 1.165) is 95.3 Å². The van der Waals surface area contributed by atoms with Gasteiger partial charge in [-0.15, -0.1) is 0 Å². The van der Waals surface area contributed by atoms with Gasteiger partial charge in [0.1, 0.15) is 0 Å². The molecule has 550 valence electrons. The second-order valence-corrected chi connectivity index (χ2v) is 33.5. The van der Waals surface area contributed by atoms with Gasteiger partial charge in [0.25, 0.3) is 0 Å². The van der Waals surface area contributed by atoms with E-state index in [1.807, 2.05) is 7.05 Å². The van der Waals surface area contributed by atoms with Crippen molar-refractivity contribution in [3.05, 3.63) is 0 Å². The lowest BCUT2D eigenvalue weighted by Crippen LogP contribution is -2.46. The highest BCUT2D eigenvalue weighted by Gasteiger charge is 2.23. The molecule has 89 heavy (non-hydrogen) atoms. The zero-order chi connectivity index (χ0) is 69.6. The number of hydrogen-bond donors (Lipinski definition) is 2. The first-order valence-corrected chi connectivity index (χ1v) is 38.8. The molecule has 0 amide bonds. The van der Waals surface area contributed by atoms with Crippen molar-refractivity contribution in [3.8, 4) is 0 Å². The molecule has 4 heterocycles. The molecule has 0 aromatic heterocycles. The third kappa shape index (κ3) is 107. The Labute approximate surface area is 571 Å². The minimum Gasteiger partial charge on any atom is -0.330 e. The minimum absolute atomic E-state index is 0. The highest BCUT2D eigenvalue weighted by Crippen LogP contribution is 2.18. The largest absolute Gasteiger partial charge is 0.330 e. The molecule has 0 radical (unpaired) electrons. The normalized spacial score (nSPS) is 15.1. The zero-order valence-electron chi connectivity index (χ0n) is 68.3. The van der Waals surface area contributed by atoms with Crippen LogP contribution in [0.3, 0.4) is 0 Å². The Kier molecular flexibility index (Phi) is 88.4. The van der Waals surface area contributed by atoms with Gasteiger partial charge < -0.3 is 35.6 Å². The van der Waals surface area contributed by atoms with Crippen molar-refractivity contribution in [1.82, 2.24) is 29.8 Å². The van der Waals surface area contributed by atoms with Gasteiger partial charge in [-0.1, -0.05) is 311 Å². The van der Waals surface area contributed by atoms with Gasteiger partial charge in [-0.3, -0.25) is 0 Å². The number of unbranched alkanes of at least 4 members (excludes halogenated alkanes) is 5. The van der Waals surface area contributed by atoms with Crippen LogP contribution in [-0.2, 0) is 0 Å². The number of hydrogen-bond acceptors (Lipinski definition) is 7. The average Bonchev–Trinajstić information content (AvgIpc) is 3.56. The molecule has 7 nitrogen and oxygen atoms in total. The average molecular weight is 1270 g/mol. The van der Waals surface area contributed by atoms with Gasteiger partial charge in [-0.25, -0.2) is 0 Å². The summed E-state index contributed by atoms with van der Waals surface area (Å²) in [5, 5.41) is 3.14. The predicted octanol–water partition coefficient (Wildman–Crippen LogP) is 23.4. The molecule has 0 saturated carbocycles. The molecule has 0 aromatic carbocycles. The van der Waals surface area contributed by atoms with Gasteiger partial charge in [0.05, 0.1) is 0 Å². The molecule has 4 rings (SSSR count). The molecule has 4 fully saturated rings. The van der Waals surface area contributed by atoms with Crippen LogP contribution in [-0.4, -0.2) is 144 Å². The van der Waals surface area contributed by atoms with E-state index in [-0.39, 0.29) is 7.43 Å². The van der Waals surface area contributed by atoms with Gasteiger partial charge in [-0.05, 0) is 162 Å². The third-order valence-electron chi connectivity index (χ3n) is 15.0. The Morgan fingerprint density at radius 2 is 0.629 bits per heavy atom. The molecule has 0 spiro atoms. The number of likely N-dealkylation sites (tertiary alicyclic amines) is 4. The molecule has 7 heteroatoms. The lowest BCUT2D eigenvalue weighted by Gasteiger charge is -2.38. The SMILES string of the molecule is C.CC(C)CCC(C)C.CC(C)CCCCN.CC(C)CN(C)C.CC(C)CN1CC(C)C1.CC(C)CN1CC(C)C1.CC(C)CN1CC(C)C1.CC(C)CN1CCC1.CCCC(C)C.CCCCC(C)C.CCCCCC(C)C.CNCCCCC(C)C. The van der Waals surface area contributed by atoms with Crippen LogP contribution in [0.15, 0.2) is 0 Å². The molecule has 0 aliphatic carbocycles. The van der Waals surface area contributed by atoms with Crippen molar-refractivity contribution >= 4 is 0 Å². The van der Waals surface area contributed by atoms with Gasteiger partial charge in [0.15, 0.2) is 0 Å². The minimum atomic E-state index is 0. The topological polar surface area (TPSA) is 54.3 Å². The first kappa shape index (κ1) is 105. The van der Waals surface area contributed by atoms with Gasteiger partial charge in [-0.2, -0.15) is 0 Å². The maximum absolute atomic E-state index is 5.31. The second kappa shape index (κ2) is 75.1. The lowest BCUT2D eigenvalue weighted by molar-refractivity contribution is 0.0987. The van der Waals surface area contributed by atoms with E-state index in [1.54, 1.807) is 0 Å². The van der Waals surface area contributed by atoms with E-state index in [9.17, 15) is 0 Å². The summed E-state index contributed by atoms with van der Waals surface area (Å²) in [7, 11) is 6.20. The van der Waals surface area contributed by atoms with Crippen LogP contribution in [0.2, 0.25) is 0 Å². The molecular weight excluding hydrogens is 1080 g/mol. The van der Waals surface area contributed by atoms with Crippen molar-refractivity contribution in [2.24, 2.45) is 94.5 Å². The molecular formula is C82H187N7. The Morgan fingerprint density at radius 1 is 0.348 bits per heavy atom. The first-order valence-electron chi connectivity index (χ1n) is 38.8. The summed E-state index contributed by atoms with van der Waals surface area (Å²) in [6, 6.07) is 0. The lowest BCUT2D eigenvalue weighted by atomic mass is 10.0. The summed E-state index contributed by atoms with van der Waals surface area (Å²) in [6.45, 7) is 87.2. The van der Waals surface area contributed by atoms with E-state index in [1.165, 1.54) is 207 Å². The van der Waals surface area contributed by atoms with Crippen LogP contribution < -0.4 is 11.1 Å². The molecule has 0 atom stereocenters. The van der Waals surface area contributed by atoms with Crippen LogP contribution in [0.25, 0.3) is 0 Å². The van der Waals surface area contributed by atoms with Crippen LogP contribution in [0, 0.1) is 88.8 Å². The summed E-state index contributed by atoms with van der Waals surface area (Å²) in [5.74, 6) is 13.3. The van der Waals surface area contributed by atoms with E-state index < -0.39 is 0 Å². The van der Waals surface area contributed by atoms with E-state index in [4.69, 9.17) is 5.73 Å². The molecule has 0 bridgehead atoms. The zero-order valence-corrected chi connectivity index (χ0v) is 68.3. The van der Waals surface area contributed by atoms with Gasteiger partial charge in [0, 0.05) is 65.4 Å².